The van der Waals surface area contributed by atoms with Gasteiger partial charge in [0.1, 0.15) is 15.8 Å². The lowest BCUT2D eigenvalue weighted by atomic mass is 10.1. The fraction of sp³-hybridized carbons (Fsp3) is 0.100. The number of rotatable bonds is 6. The van der Waals surface area contributed by atoms with Crippen LogP contribution in [0, 0.1) is 0 Å². The first kappa shape index (κ1) is 20.6. The second kappa shape index (κ2) is 9.35. The summed E-state index contributed by atoms with van der Waals surface area (Å²) in [6.45, 7) is 1.55. The van der Waals surface area contributed by atoms with E-state index in [1.807, 2.05) is 0 Å². The van der Waals surface area contributed by atoms with Gasteiger partial charge in [0.25, 0.3) is 11.8 Å². The predicted octanol–water partition coefficient (Wildman–Crippen LogP) is 2.80. The molecule has 0 unspecified atom stereocenters. The normalized spacial score (nSPS) is 15.3. The van der Waals surface area contributed by atoms with Crippen molar-refractivity contribution in [1.29, 1.82) is 0 Å². The van der Waals surface area contributed by atoms with Crippen molar-refractivity contribution < 1.29 is 19.4 Å². The maximum Gasteiger partial charge on any atom is 0.277 e. The summed E-state index contributed by atoms with van der Waals surface area (Å²) < 4.78 is 5.88. The van der Waals surface area contributed by atoms with Crippen LogP contribution in [0.25, 0.3) is 6.08 Å². The Morgan fingerprint density at radius 3 is 2.55 bits per heavy atom. The molecule has 0 bridgehead atoms. The third-order valence-electron chi connectivity index (χ3n) is 3.82. The number of thiocarbonyl (C=S) groups is 1. The lowest BCUT2D eigenvalue weighted by Gasteiger charge is -2.06. The van der Waals surface area contributed by atoms with Crippen LogP contribution in [-0.2, 0) is 9.59 Å². The maximum absolute atomic E-state index is 11.9. The van der Waals surface area contributed by atoms with Gasteiger partial charge in [-0.05, 0) is 60.5 Å². The van der Waals surface area contributed by atoms with E-state index in [0.29, 0.717) is 20.7 Å². The van der Waals surface area contributed by atoms with Gasteiger partial charge in [-0.15, -0.1) is 0 Å². The molecule has 2 aromatic carbocycles. The van der Waals surface area contributed by atoms with Gasteiger partial charge < -0.3 is 15.2 Å². The van der Waals surface area contributed by atoms with Crippen molar-refractivity contribution in [2.45, 2.75) is 6.92 Å². The third-order valence-corrected chi connectivity index (χ3v) is 4.99. The first-order valence-electron chi connectivity index (χ1n) is 8.51. The number of ether oxygens (including phenoxy) is 1. The minimum absolute atomic E-state index is 0.162. The van der Waals surface area contributed by atoms with Crippen molar-refractivity contribution in [1.82, 2.24) is 10.7 Å². The molecule has 1 aliphatic heterocycles. The van der Waals surface area contributed by atoms with E-state index in [9.17, 15) is 14.7 Å². The number of hydrazone groups is 1. The number of amides is 2. The van der Waals surface area contributed by atoms with Crippen LogP contribution in [0.1, 0.15) is 18.1 Å². The molecule has 0 aromatic heterocycles. The van der Waals surface area contributed by atoms with Crippen molar-refractivity contribution in [3.8, 4) is 11.5 Å². The van der Waals surface area contributed by atoms with Crippen LogP contribution in [0.3, 0.4) is 0 Å². The molecule has 3 N–H and O–H groups in total. The molecule has 7 nitrogen and oxygen atoms in total. The molecule has 0 saturated carbocycles. The van der Waals surface area contributed by atoms with Crippen LogP contribution in [-0.4, -0.2) is 33.6 Å². The lowest BCUT2D eigenvalue weighted by Crippen LogP contribution is -2.25. The molecule has 0 spiro atoms. The highest BCUT2D eigenvalue weighted by Crippen LogP contribution is 2.26. The molecule has 1 saturated heterocycles. The van der Waals surface area contributed by atoms with Gasteiger partial charge in [-0.3, -0.25) is 9.59 Å². The summed E-state index contributed by atoms with van der Waals surface area (Å²) in [5.41, 5.74) is 4.63. The van der Waals surface area contributed by atoms with Gasteiger partial charge in [0, 0.05) is 0 Å². The minimum Gasteiger partial charge on any atom is -0.508 e. The molecule has 1 fully saturated rings. The van der Waals surface area contributed by atoms with Crippen LogP contribution in [0.2, 0.25) is 0 Å². The molecular formula is C20H17N3O4S2. The fourth-order valence-corrected chi connectivity index (χ4v) is 3.37. The first-order chi connectivity index (χ1) is 13.9. The Morgan fingerprint density at radius 1 is 1.24 bits per heavy atom. The number of hydrogen-bond acceptors (Lipinski definition) is 7. The van der Waals surface area contributed by atoms with E-state index in [1.54, 1.807) is 61.5 Å². The molecule has 148 valence electrons. The number of carbonyl (C=O) groups is 2. The Labute approximate surface area is 176 Å². The van der Waals surface area contributed by atoms with Crippen LogP contribution in [0.5, 0.6) is 11.5 Å². The van der Waals surface area contributed by atoms with E-state index < -0.39 is 5.91 Å². The smallest absolute Gasteiger partial charge is 0.277 e. The van der Waals surface area contributed by atoms with Crippen LogP contribution >= 0.6 is 24.0 Å². The minimum atomic E-state index is -0.401. The van der Waals surface area contributed by atoms with E-state index in [2.05, 4.69) is 15.8 Å². The fourth-order valence-electron chi connectivity index (χ4n) is 2.33. The molecule has 1 aliphatic rings. The van der Waals surface area contributed by atoms with Gasteiger partial charge in [0.05, 0.1) is 10.6 Å². The molecule has 2 amide bonds. The monoisotopic (exact) mass is 427 g/mol. The molecule has 2 aromatic rings. The summed E-state index contributed by atoms with van der Waals surface area (Å²) in [4.78, 5) is 24.1. The van der Waals surface area contributed by atoms with E-state index >= 15 is 0 Å². The Bertz CT molecular complexity index is 999. The first-order valence-corrected chi connectivity index (χ1v) is 9.73. The van der Waals surface area contributed by atoms with E-state index in [-0.39, 0.29) is 18.3 Å². The van der Waals surface area contributed by atoms with Crippen molar-refractivity contribution in [2.24, 2.45) is 5.10 Å². The number of nitrogens with one attached hydrogen (secondary N) is 2. The Hall–Kier alpha value is -3.17. The summed E-state index contributed by atoms with van der Waals surface area (Å²) in [5.74, 6) is 0.0671. The zero-order valence-electron chi connectivity index (χ0n) is 15.3. The van der Waals surface area contributed by atoms with Crippen molar-refractivity contribution in [3.63, 3.8) is 0 Å². The highest BCUT2D eigenvalue weighted by atomic mass is 32.2. The van der Waals surface area contributed by atoms with Gasteiger partial charge in [-0.1, -0.05) is 36.1 Å². The zero-order chi connectivity index (χ0) is 20.8. The number of nitrogens with zero attached hydrogens (tertiary/aromatic N) is 1. The van der Waals surface area contributed by atoms with Crippen molar-refractivity contribution >= 4 is 51.9 Å². The number of phenolic OH excluding ortho intramolecular Hbond substituents is 1. The summed E-state index contributed by atoms with van der Waals surface area (Å²) in [6.07, 6.45) is 1.73. The third kappa shape index (κ3) is 5.90. The molecule has 3 rings (SSSR count). The summed E-state index contributed by atoms with van der Waals surface area (Å²) in [7, 11) is 0. The number of thioether (sulfide) groups is 1. The predicted molar refractivity (Wildman–Crippen MR) is 117 cm³/mol. The largest absolute Gasteiger partial charge is 0.508 e. The lowest BCUT2D eigenvalue weighted by molar-refractivity contribution is -0.123. The topological polar surface area (TPSA) is 100 Å². The number of hydrogen-bond donors (Lipinski definition) is 3. The van der Waals surface area contributed by atoms with Gasteiger partial charge in [0.2, 0.25) is 0 Å². The van der Waals surface area contributed by atoms with Crippen molar-refractivity contribution in [3.05, 3.63) is 64.6 Å². The second-order valence-electron chi connectivity index (χ2n) is 5.99. The molecule has 0 atom stereocenters. The average Bonchev–Trinajstić information content (AvgIpc) is 3.02. The van der Waals surface area contributed by atoms with Gasteiger partial charge in [-0.25, -0.2) is 5.43 Å². The number of phenols is 1. The quantitative estimate of drug-likeness (QED) is 0.284. The molecule has 29 heavy (non-hydrogen) atoms. The highest BCUT2D eigenvalue weighted by molar-refractivity contribution is 8.26. The standard InChI is InChI=1S/C20H17N3O4S2/c1-12(14-4-6-15(24)7-5-14)22-23-18(25)11-27-16-8-2-13(3-9-16)10-17-19(26)21-20(28)29-17/h2-10,24H,11H2,1H3,(H,23,25)(H,21,26,28)/b17-10+,22-12-. The number of aromatic hydroxyl groups is 1. The SMILES string of the molecule is C/C(=N/NC(=O)COc1ccc(/C=C2/SC(=S)NC2=O)cc1)c1ccc(O)cc1. The maximum atomic E-state index is 11.9. The van der Waals surface area contributed by atoms with Crippen molar-refractivity contribution in [2.75, 3.05) is 6.61 Å². The van der Waals surface area contributed by atoms with Crippen LogP contribution in [0.15, 0.2) is 58.5 Å². The molecular weight excluding hydrogens is 410 g/mol. The van der Waals surface area contributed by atoms with Gasteiger partial charge in [-0.2, -0.15) is 5.10 Å². The number of benzene rings is 2. The highest BCUT2D eigenvalue weighted by Gasteiger charge is 2.21. The van der Waals surface area contributed by atoms with E-state index in [1.165, 1.54) is 11.8 Å². The van der Waals surface area contributed by atoms with Gasteiger partial charge >= 0.3 is 0 Å². The number of carbonyl (C=O) groups excluding carboxylic acids is 2. The Morgan fingerprint density at radius 2 is 1.93 bits per heavy atom. The summed E-state index contributed by atoms with van der Waals surface area (Å²) in [6, 6.07) is 13.5. The molecule has 0 aliphatic carbocycles. The average molecular weight is 428 g/mol. The van der Waals surface area contributed by atoms with Gasteiger partial charge in [0.15, 0.2) is 6.61 Å². The molecule has 0 radical (unpaired) electrons. The van der Waals surface area contributed by atoms with Crippen LogP contribution < -0.4 is 15.5 Å². The van der Waals surface area contributed by atoms with Crippen LogP contribution in [0.4, 0.5) is 0 Å². The summed E-state index contributed by atoms with van der Waals surface area (Å²) in [5, 5.41) is 15.9. The molecule has 1 heterocycles. The zero-order valence-corrected chi connectivity index (χ0v) is 17.0. The van der Waals surface area contributed by atoms with E-state index in [4.69, 9.17) is 17.0 Å². The second-order valence-corrected chi connectivity index (χ2v) is 7.71. The van der Waals surface area contributed by atoms with E-state index in [0.717, 1.165) is 11.1 Å². The summed E-state index contributed by atoms with van der Waals surface area (Å²) >= 11 is 6.17. The molecule has 9 heteroatoms. The Balaban J connectivity index is 1.50. The Kier molecular flexibility index (Phi) is 6.63.